The van der Waals surface area contributed by atoms with Crippen molar-refractivity contribution in [1.29, 1.82) is 0 Å². The molecular formula is C31H27N5O5S. The van der Waals surface area contributed by atoms with Crippen molar-refractivity contribution in [3.05, 3.63) is 100 Å². The molecule has 0 aliphatic carbocycles. The zero-order valence-electron chi connectivity index (χ0n) is 23.1. The number of hydrogen-bond donors (Lipinski definition) is 3. The molecule has 11 heteroatoms. The Bertz CT molecular complexity index is 2240. The number of primary amides is 1. The van der Waals surface area contributed by atoms with Crippen LogP contribution in [0.25, 0.3) is 49.5 Å². The fourth-order valence-electron chi connectivity index (χ4n) is 5.45. The summed E-state index contributed by atoms with van der Waals surface area (Å²) in [6.45, 7) is 2.06. The lowest BCUT2D eigenvalue weighted by Gasteiger charge is -2.15. The van der Waals surface area contributed by atoms with E-state index in [4.69, 9.17) is 10.5 Å². The van der Waals surface area contributed by atoms with Gasteiger partial charge in [0, 0.05) is 22.8 Å². The highest BCUT2D eigenvalue weighted by atomic mass is 32.2. The molecular weight excluding hydrogens is 554 g/mol. The first kappa shape index (κ1) is 27.2. The third-order valence-corrected chi connectivity index (χ3v) is 8.12. The molecule has 6 aromatic rings. The van der Waals surface area contributed by atoms with Crippen LogP contribution < -0.4 is 20.8 Å². The maximum Gasteiger partial charge on any atom is 0.265 e. The second-order valence-electron chi connectivity index (χ2n) is 10.1. The van der Waals surface area contributed by atoms with Gasteiger partial charge in [0.15, 0.2) is 0 Å². The fourth-order valence-corrected chi connectivity index (χ4v) is 5.88. The molecule has 1 amide bonds. The first-order valence-electron chi connectivity index (χ1n) is 13.0. The number of amides is 1. The van der Waals surface area contributed by atoms with Crippen LogP contribution in [0, 0.1) is 6.92 Å². The van der Waals surface area contributed by atoms with Crippen molar-refractivity contribution < 1.29 is 17.9 Å². The van der Waals surface area contributed by atoms with Gasteiger partial charge in [0.05, 0.1) is 35.5 Å². The summed E-state index contributed by atoms with van der Waals surface area (Å²) in [6.07, 6.45) is 2.61. The topological polar surface area (TPSA) is 149 Å². The minimum absolute atomic E-state index is 0.126. The van der Waals surface area contributed by atoms with E-state index in [0.717, 1.165) is 44.8 Å². The molecule has 0 aliphatic rings. The van der Waals surface area contributed by atoms with Gasteiger partial charge < -0.3 is 15.5 Å². The number of ether oxygens (including phenoxy) is 1. The lowest BCUT2D eigenvalue weighted by Crippen LogP contribution is -2.21. The summed E-state index contributed by atoms with van der Waals surface area (Å²) in [5.41, 5.74) is 11.6. The van der Waals surface area contributed by atoms with Crippen LogP contribution in [0.5, 0.6) is 5.75 Å². The number of nitrogens with zero attached hydrogens (tertiary/aromatic N) is 2. The van der Waals surface area contributed by atoms with E-state index in [1.54, 1.807) is 24.3 Å². The molecule has 0 radical (unpaired) electrons. The van der Waals surface area contributed by atoms with E-state index in [9.17, 15) is 18.0 Å². The average molecular weight is 582 g/mol. The predicted molar refractivity (Wildman–Crippen MR) is 164 cm³/mol. The highest BCUT2D eigenvalue weighted by Crippen LogP contribution is 2.39. The van der Waals surface area contributed by atoms with Crippen LogP contribution in [-0.2, 0) is 16.6 Å². The van der Waals surface area contributed by atoms with Gasteiger partial charge in [-0.3, -0.25) is 14.2 Å². The largest absolute Gasteiger partial charge is 0.494 e. The Balaban J connectivity index is 1.56. The van der Waals surface area contributed by atoms with Gasteiger partial charge in [-0.2, -0.15) is 0 Å². The van der Waals surface area contributed by atoms with E-state index in [1.807, 2.05) is 49.4 Å². The number of methoxy groups -OCH3 is 1. The monoisotopic (exact) mass is 581 g/mol. The molecule has 2 heterocycles. The van der Waals surface area contributed by atoms with Gasteiger partial charge in [0.2, 0.25) is 10.0 Å². The van der Waals surface area contributed by atoms with Crippen LogP contribution in [0.4, 0.5) is 0 Å². The molecule has 0 bridgehead atoms. The molecule has 212 valence electrons. The summed E-state index contributed by atoms with van der Waals surface area (Å²) in [4.78, 5) is 33.8. The van der Waals surface area contributed by atoms with E-state index in [-0.39, 0.29) is 12.1 Å². The van der Waals surface area contributed by atoms with E-state index in [2.05, 4.69) is 14.7 Å². The third kappa shape index (κ3) is 4.58. The highest BCUT2D eigenvalue weighted by Gasteiger charge is 2.20. The van der Waals surface area contributed by atoms with Crippen molar-refractivity contribution in [2.24, 2.45) is 5.73 Å². The van der Waals surface area contributed by atoms with E-state index < -0.39 is 15.9 Å². The maximum atomic E-state index is 13.6. The smallest absolute Gasteiger partial charge is 0.265 e. The number of aromatic nitrogens is 3. The number of carbonyl (C=O) groups excluding carboxylic acids is 1. The van der Waals surface area contributed by atoms with E-state index in [1.165, 1.54) is 18.0 Å². The van der Waals surface area contributed by atoms with Gasteiger partial charge in [-0.15, -0.1) is 0 Å². The van der Waals surface area contributed by atoms with Crippen LogP contribution in [0.15, 0.2) is 77.9 Å². The summed E-state index contributed by atoms with van der Waals surface area (Å²) in [5.74, 6) is -0.0551. The summed E-state index contributed by atoms with van der Waals surface area (Å²) >= 11 is 0. The molecule has 0 aliphatic heterocycles. The molecule has 0 unspecified atom stereocenters. The van der Waals surface area contributed by atoms with Crippen LogP contribution in [0.2, 0.25) is 0 Å². The number of nitrogens with one attached hydrogen (secondary N) is 2. The lowest BCUT2D eigenvalue weighted by molar-refractivity contribution is 0.100. The molecule has 10 nitrogen and oxygen atoms in total. The second kappa shape index (κ2) is 10.1. The Hall–Kier alpha value is -5.00. The first-order valence-corrected chi connectivity index (χ1v) is 14.9. The molecule has 4 N–H and O–H groups in total. The summed E-state index contributed by atoms with van der Waals surface area (Å²) < 4.78 is 32.6. The number of benzene rings is 4. The van der Waals surface area contributed by atoms with Gasteiger partial charge in [0.25, 0.3) is 11.5 Å². The Morgan fingerprint density at radius 1 is 1.05 bits per heavy atom. The van der Waals surface area contributed by atoms with Crippen LogP contribution in [-0.4, -0.2) is 42.2 Å². The standard InChI is InChI=1S/C31H27N5O5S/c1-17-19(6-4-8-25(17)36-16-33-28-23(31(36)38)7-5-9-26(28)41-2)20-12-13-22(30(32)37)29-27(20)21-11-10-18(14-24(21)35-29)15-34-42(3,39)40/h4-14,16,34-35H,15H2,1-3H3,(H2,32,37). The zero-order chi connectivity index (χ0) is 29.8. The van der Waals surface area contributed by atoms with Gasteiger partial charge in [-0.25, -0.2) is 18.1 Å². The Morgan fingerprint density at radius 3 is 2.57 bits per heavy atom. The molecule has 4 aromatic carbocycles. The maximum absolute atomic E-state index is 13.6. The predicted octanol–water partition coefficient (Wildman–Crippen LogP) is 4.15. The molecule has 2 aromatic heterocycles. The Kier molecular flexibility index (Phi) is 6.55. The number of rotatable bonds is 7. The quantitative estimate of drug-likeness (QED) is 0.258. The second-order valence-corrected chi connectivity index (χ2v) is 11.9. The van der Waals surface area contributed by atoms with Crippen LogP contribution >= 0.6 is 0 Å². The van der Waals surface area contributed by atoms with Crippen molar-refractivity contribution in [2.75, 3.05) is 13.4 Å². The van der Waals surface area contributed by atoms with Crippen molar-refractivity contribution in [2.45, 2.75) is 13.5 Å². The van der Waals surface area contributed by atoms with Crippen molar-refractivity contribution >= 4 is 48.6 Å². The number of hydrogen-bond acceptors (Lipinski definition) is 6. The average Bonchev–Trinajstić information content (AvgIpc) is 3.34. The Labute approximate surface area is 240 Å². The number of sulfonamides is 1. The normalized spacial score (nSPS) is 11.9. The first-order chi connectivity index (χ1) is 20.1. The number of carbonyl (C=O) groups is 1. The number of para-hydroxylation sites is 1. The minimum Gasteiger partial charge on any atom is -0.494 e. The summed E-state index contributed by atoms with van der Waals surface area (Å²) in [6, 6.07) is 20.1. The third-order valence-electron chi connectivity index (χ3n) is 7.45. The summed E-state index contributed by atoms with van der Waals surface area (Å²) in [7, 11) is -1.83. The lowest BCUT2D eigenvalue weighted by atomic mass is 9.93. The molecule has 0 spiro atoms. The number of nitrogens with two attached hydrogens (primary N) is 1. The molecule has 6 rings (SSSR count). The van der Waals surface area contributed by atoms with E-state index >= 15 is 0 Å². The number of aromatic amines is 1. The summed E-state index contributed by atoms with van der Waals surface area (Å²) in [5, 5.41) is 2.07. The van der Waals surface area contributed by atoms with Gasteiger partial charge in [0.1, 0.15) is 17.6 Å². The Morgan fingerprint density at radius 2 is 1.83 bits per heavy atom. The molecule has 0 fully saturated rings. The number of H-pyrrole nitrogens is 1. The minimum atomic E-state index is -3.37. The SMILES string of the molecule is COc1cccc2c(=O)n(-c3cccc(-c4ccc(C(N)=O)c5[nH]c6cc(CNS(C)(=O)=O)ccc6c45)c3C)cnc12. The zero-order valence-corrected chi connectivity index (χ0v) is 23.9. The van der Waals surface area contributed by atoms with Gasteiger partial charge in [-0.1, -0.05) is 36.4 Å². The van der Waals surface area contributed by atoms with Gasteiger partial charge >= 0.3 is 0 Å². The van der Waals surface area contributed by atoms with Crippen molar-refractivity contribution in [3.63, 3.8) is 0 Å². The van der Waals surface area contributed by atoms with Crippen molar-refractivity contribution in [3.8, 4) is 22.6 Å². The molecule has 42 heavy (non-hydrogen) atoms. The fraction of sp³-hybridized carbons (Fsp3) is 0.129. The highest BCUT2D eigenvalue weighted by molar-refractivity contribution is 7.88. The van der Waals surface area contributed by atoms with Gasteiger partial charge in [-0.05, 0) is 59.5 Å². The number of fused-ring (bicyclic) bond motifs is 4. The van der Waals surface area contributed by atoms with E-state index in [0.29, 0.717) is 33.4 Å². The molecule has 0 saturated heterocycles. The molecule has 0 atom stereocenters. The van der Waals surface area contributed by atoms with Crippen LogP contribution in [0.3, 0.4) is 0 Å². The van der Waals surface area contributed by atoms with Crippen molar-refractivity contribution in [1.82, 2.24) is 19.3 Å². The molecule has 0 saturated carbocycles. The van der Waals surface area contributed by atoms with Crippen LogP contribution in [0.1, 0.15) is 21.5 Å².